The van der Waals surface area contributed by atoms with Crippen LogP contribution in [-0.2, 0) is 5.54 Å². The van der Waals surface area contributed by atoms with E-state index < -0.39 is 0 Å². The lowest BCUT2D eigenvalue weighted by atomic mass is 9.68. The summed E-state index contributed by atoms with van der Waals surface area (Å²) in [6, 6.07) is 2.08. The summed E-state index contributed by atoms with van der Waals surface area (Å²) >= 11 is 1.55. The minimum atomic E-state index is -0.108. The Balaban J connectivity index is 2.24. The Morgan fingerprint density at radius 1 is 1.43 bits per heavy atom. The summed E-state index contributed by atoms with van der Waals surface area (Å²) in [4.78, 5) is 1.25. The van der Waals surface area contributed by atoms with E-state index in [2.05, 4.69) is 24.3 Å². The number of rotatable bonds is 1. The van der Waals surface area contributed by atoms with E-state index in [1.165, 1.54) is 17.7 Å². The second-order valence-electron chi connectivity index (χ2n) is 5.23. The highest BCUT2D eigenvalue weighted by atomic mass is 32.1. The van der Waals surface area contributed by atoms with Gasteiger partial charge < -0.3 is 5.73 Å². The maximum Gasteiger partial charge on any atom is 0.0524 e. The van der Waals surface area contributed by atoms with Crippen LogP contribution in [0.2, 0.25) is 0 Å². The lowest BCUT2D eigenvalue weighted by Crippen LogP contribution is -2.43. The Labute approximate surface area is 89.7 Å². The molecule has 1 aromatic rings. The third kappa shape index (κ3) is 1.84. The first-order valence-electron chi connectivity index (χ1n) is 5.22. The van der Waals surface area contributed by atoms with Gasteiger partial charge in [-0.25, -0.2) is 4.37 Å². The zero-order valence-electron chi connectivity index (χ0n) is 8.92. The molecule has 1 aliphatic carbocycles. The van der Waals surface area contributed by atoms with Gasteiger partial charge >= 0.3 is 0 Å². The second kappa shape index (κ2) is 3.31. The van der Waals surface area contributed by atoms with Crippen LogP contribution in [0.1, 0.15) is 44.4 Å². The monoisotopic (exact) mass is 210 g/mol. The molecule has 0 bridgehead atoms. The summed E-state index contributed by atoms with van der Waals surface area (Å²) < 4.78 is 4.15. The third-order valence-corrected chi connectivity index (χ3v) is 4.17. The number of nitrogens with two attached hydrogens (primary N) is 1. The van der Waals surface area contributed by atoms with Gasteiger partial charge in [-0.05, 0) is 42.3 Å². The maximum absolute atomic E-state index is 6.47. The largest absolute Gasteiger partial charge is 0.321 e. The molecule has 1 fully saturated rings. The van der Waals surface area contributed by atoms with E-state index in [0.29, 0.717) is 5.41 Å². The van der Waals surface area contributed by atoms with Crippen LogP contribution in [0.25, 0.3) is 0 Å². The SMILES string of the molecule is CC1(C)CCCC(N)(c2ccns2)C1. The van der Waals surface area contributed by atoms with E-state index in [-0.39, 0.29) is 5.54 Å². The zero-order valence-corrected chi connectivity index (χ0v) is 9.73. The van der Waals surface area contributed by atoms with Crippen molar-refractivity contribution in [3.8, 4) is 0 Å². The van der Waals surface area contributed by atoms with Gasteiger partial charge in [0.2, 0.25) is 0 Å². The van der Waals surface area contributed by atoms with Crippen molar-refractivity contribution in [1.29, 1.82) is 0 Å². The molecule has 78 valence electrons. The van der Waals surface area contributed by atoms with Gasteiger partial charge in [0.25, 0.3) is 0 Å². The van der Waals surface area contributed by atoms with Crippen molar-refractivity contribution >= 4 is 11.5 Å². The average molecular weight is 210 g/mol. The second-order valence-corrected chi connectivity index (χ2v) is 6.06. The van der Waals surface area contributed by atoms with Crippen molar-refractivity contribution in [3.63, 3.8) is 0 Å². The minimum absolute atomic E-state index is 0.108. The van der Waals surface area contributed by atoms with E-state index in [1.54, 1.807) is 11.5 Å². The smallest absolute Gasteiger partial charge is 0.0524 e. The molecule has 1 atom stereocenters. The predicted octanol–water partition coefficient (Wildman–Crippen LogP) is 2.90. The zero-order chi connectivity index (χ0) is 10.2. The van der Waals surface area contributed by atoms with Crippen LogP contribution in [0.3, 0.4) is 0 Å². The van der Waals surface area contributed by atoms with Crippen LogP contribution in [0.4, 0.5) is 0 Å². The van der Waals surface area contributed by atoms with E-state index >= 15 is 0 Å². The van der Waals surface area contributed by atoms with Gasteiger partial charge in [0.15, 0.2) is 0 Å². The number of nitrogens with zero attached hydrogens (tertiary/aromatic N) is 1. The molecule has 0 aromatic carbocycles. The average Bonchev–Trinajstić information content (AvgIpc) is 2.52. The standard InChI is InChI=1S/C11H18N2S/c1-10(2)5-3-6-11(12,8-10)9-4-7-13-14-9/h4,7H,3,5-6,8,12H2,1-2H3. The number of hydrogen-bond acceptors (Lipinski definition) is 3. The highest BCUT2D eigenvalue weighted by Gasteiger charge is 2.39. The van der Waals surface area contributed by atoms with Gasteiger partial charge in [0, 0.05) is 11.1 Å². The molecule has 1 aromatic heterocycles. The van der Waals surface area contributed by atoms with Crippen LogP contribution in [-0.4, -0.2) is 4.37 Å². The summed E-state index contributed by atoms with van der Waals surface area (Å²) in [6.45, 7) is 4.63. The van der Waals surface area contributed by atoms with Crippen molar-refractivity contribution in [2.45, 2.75) is 45.1 Å². The molecule has 1 heterocycles. The van der Waals surface area contributed by atoms with Gasteiger partial charge in [-0.15, -0.1) is 0 Å². The first kappa shape index (κ1) is 10.1. The van der Waals surface area contributed by atoms with E-state index in [0.717, 1.165) is 12.8 Å². The molecule has 0 amide bonds. The Bertz CT molecular complexity index is 305. The van der Waals surface area contributed by atoms with Gasteiger partial charge in [0.05, 0.1) is 5.54 Å². The fraction of sp³-hybridized carbons (Fsp3) is 0.727. The number of aromatic nitrogens is 1. The van der Waals surface area contributed by atoms with Crippen molar-refractivity contribution in [2.75, 3.05) is 0 Å². The maximum atomic E-state index is 6.47. The molecular formula is C11H18N2S. The van der Waals surface area contributed by atoms with Crippen molar-refractivity contribution in [1.82, 2.24) is 4.37 Å². The molecule has 0 spiro atoms. The first-order chi connectivity index (χ1) is 6.52. The molecule has 2 nitrogen and oxygen atoms in total. The van der Waals surface area contributed by atoms with E-state index in [4.69, 9.17) is 5.73 Å². The van der Waals surface area contributed by atoms with Crippen molar-refractivity contribution in [3.05, 3.63) is 17.1 Å². The summed E-state index contributed by atoms with van der Waals surface area (Å²) in [5.74, 6) is 0. The molecular weight excluding hydrogens is 192 g/mol. The lowest BCUT2D eigenvalue weighted by Gasteiger charge is -2.41. The molecule has 0 saturated heterocycles. The van der Waals surface area contributed by atoms with Crippen LogP contribution in [0.15, 0.2) is 12.3 Å². The number of hydrogen-bond donors (Lipinski definition) is 1. The van der Waals surface area contributed by atoms with Gasteiger partial charge in [-0.2, -0.15) is 0 Å². The molecule has 0 aliphatic heterocycles. The Hall–Kier alpha value is -0.410. The van der Waals surface area contributed by atoms with E-state index in [1.807, 2.05) is 6.20 Å². The lowest BCUT2D eigenvalue weighted by molar-refractivity contribution is 0.154. The third-order valence-electron chi connectivity index (χ3n) is 3.20. The van der Waals surface area contributed by atoms with Gasteiger partial charge in [0.1, 0.15) is 0 Å². The van der Waals surface area contributed by atoms with Crippen LogP contribution >= 0.6 is 11.5 Å². The van der Waals surface area contributed by atoms with Gasteiger partial charge in [-0.1, -0.05) is 20.3 Å². The van der Waals surface area contributed by atoms with Gasteiger partial charge in [-0.3, -0.25) is 0 Å². The molecule has 2 rings (SSSR count). The quantitative estimate of drug-likeness (QED) is 0.774. The van der Waals surface area contributed by atoms with Crippen molar-refractivity contribution < 1.29 is 0 Å². The van der Waals surface area contributed by atoms with Crippen LogP contribution < -0.4 is 5.73 Å². The Morgan fingerprint density at radius 2 is 2.21 bits per heavy atom. The summed E-state index contributed by atoms with van der Waals surface area (Å²) in [5, 5.41) is 0. The summed E-state index contributed by atoms with van der Waals surface area (Å²) in [6.07, 6.45) is 6.59. The summed E-state index contributed by atoms with van der Waals surface area (Å²) in [7, 11) is 0. The Morgan fingerprint density at radius 3 is 2.79 bits per heavy atom. The normalized spacial score (nSPS) is 31.6. The molecule has 1 unspecified atom stereocenters. The Kier molecular flexibility index (Phi) is 2.40. The predicted molar refractivity (Wildman–Crippen MR) is 60.2 cm³/mol. The first-order valence-corrected chi connectivity index (χ1v) is 5.99. The topological polar surface area (TPSA) is 38.9 Å². The van der Waals surface area contributed by atoms with Crippen molar-refractivity contribution in [2.24, 2.45) is 11.1 Å². The molecule has 0 radical (unpaired) electrons. The van der Waals surface area contributed by atoms with Crippen LogP contribution in [0, 0.1) is 5.41 Å². The highest BCUT2D eigenvalue weighted by Crippen LogP contribution is 2.45. The summed E-state index contributed by atoms with van der Waals surface area (Å²) in [5.41, 5.74) is 6.75. The fourth-order valence-corrected chi connectivity index (χ4v) is 3.31. The minimum Gasteiger partial charge on any atom is -0.321 e. The van der Waals surface area contributed by atoms with Crippen LogP contribution in [0.5, 0.6) is 0 Å². The molecule has 3 heteroatoms. The molecule has 14 heavy (non-hydrogen) atoms. The molecule has 2 N–H and O–H groups in total. The van der Waals surface area contributed by atoms with E-state index in [9.17, 15) is 0 Å². The molecule has 1 saturated carbocycles. The highest BCUT2D eigenvalue weighted by molar-refractivity contribution is 7.05. The fourth-order valence-electron chi connectivity index (χ4n) is 2.60. The molecule has 1 aliphatic rings.